The van der Waals surface area contributed by atoms with Crippen molar-refractivity contribution in [3.63, 3.8) is 0 Å². The van der Waals surface area contributed by atoms with Crippen molar-refractivity contribution in [2.24, 2.45) is 0 Å². The van der Waals surface area contributed by atoms with E-state index in [-0.39, 0.29) is 5.82 Å². The molecule has 3 nitrogen and oxygen atoms in total. The summed E-state index contributed by atoms with van der Waals surface area (Å²) in [5.74, 6) is -0.295. The van der Waals surface area contributed by atoms with E-state index >= 15 is 0 Å². The summed E-state index contributed by atoms with van der Waals surface area (Å²) in [6.07, 6.45) is 1.69. The van der Waals surface area contributed by atoms with Gasteiger partial charge in [0.1, 0.15) is 5.82 Å². The summed E-state index contributed by atoms with van der Waals surface area (Å²) in [4.78, 5) is 4.33. The average Bonchev–Trinajstić information content (AvgIpc) is 2.46. The number of hydrogen-bond donors (Lipinski definition) is 2. The molecule has 0 aliphatic carbocycles. The van der Waals surface area contributed by atoms with E-state index in [1.807, 2.05) is 25.1 Å². The van der Waals surface area contributed by atoms with Gasteiger partial charge in [0.05, 0.1) is 16.9 Å². The van der Waals surface area contributed by atoms with Crippen molar-refractivity contribution in [3.05, 3.63) is 60.0 Å². The molecule has 1 heterocycles. The third-order valence-corrected chi connectivity index (χ3v) is 3.19. The van der Waals surface area contributed by atoms with E-state index in [1.165, 1.54) is 6.07 Å². The molecule has 0 aliphatic rings. The molecule has 2 aromatic carbocycles. The van der Waals surface area contributed by atoms with Gasteiger partial charge < -0.3 is 11.1 Å². The first-order valence-electron chi connectivity index (χ1n) is 6.31. The molecule has 0 atom stereocenters. The molecule has 0 saturated heterocycles. The van der Waals surface area contributed by atoms with Crippen molar-refractivity contribution in [2.75, 3.05) is 11.1 Å². The monoisotopic (exact) mass is 267 g/mol. The van der Waals surface area contributed by atoms with Gasteiger partial charge in [-0.25, -0.2) is 4.39 Å². The summed E-state index contributed by atoms with van der Waals surface area (Å²) < 4.78 is 13.8. The molecule has 0 radical (unpaired) electrons. The molecule has 3 aromatic rings. The van der Waals surface area contributed by atoms with Crippen molar-refractivity contribution < 1.29 is 4.39 Å². The number of anilines is 3. The Hall–Kier alpha value is -2.62. The minimum absolute atomic E-state index is 0.295. The minimum Gasteiger partial charge on any atom is -0.398 e. The van der Waals surface area contributed by atoms with Crippen LogP contribution in [0.4, 0.5) is 21.5 Å². The molecule has 3 N–H and O–H groups in total. The Kier molecular flexibility index (Phi) is 2.99. The molecule has 0 bridgehead atoms. The summed E-state index contributed by atoms with van der Waals surface area (Å²) in [6.45, 7) is 1.92. The van der Waals surface area contributed by atoms with Gasteiger partial charge in [0, 0.05) is 17.3 Å². The Bertz CT molecular complexity index is 784. The van der Waals surface area contributed by atoms with Crippen molar-refractivity contribution in [1.82, 2.24) is 4.98 Å². The van der Waals surface area contributed by atoms with Crippen LogP contribution in [-0.2, 0) is 0 Å². The minimum atomic E-state index is -0.295. The maximum Gasteiger partial charge on any atom is 0.146 e. The highest BCUT2D eigenvalue weighted by Crippen LogP contribution is 2.29. The number of hydrogen-bond acceptors (Lipinski definition) is 3. The molecule has 20 heavy (non-hydrogen) atoms. The van der Waals surface area contributed by atoms with E-state index in [1.54, 1.807) is 24.4 Å². The van der Waals surface area contributed by atoms with Crippen LogP contribution in [0.2, 0.25) is 0 Å². The first kappa shape index (κ1) is 12.4. The maximum absolute atomic E-state index is 13.8. The smallest absolute Gasteiger partial charge is 0.146 e. The predicted octanol–water partition coefficient (Wildman–Crippen LogP) is 4.01. The lowest BCUT2D eigenvalue weighted by Gasteiger charge is -2.11. The Labute approximate surface area is 116 Å². The van der Waals surface area contributed by atoms with E-state index in [0.717, 1.165) is 22.2 Å². The Morgan fingerprint density at radius 1 is 1.10 bits per heavy atom. The molecule has 0 spiro atoms. The zero-order valence-corrected chi connectivity index (χ0v) is 11.0. The molecular weight excluding hydrogens is 253 g/mol. The van der Waals surface area contributed by atoms with E-state index in [4.69, 9.17) is 5.73 Å². The fourth-order valence-electron chi connectivity index (χ4n) is 2.18. The summed E-state index contributed by atoms with van der Waals surface area (Å²) in [5.41, 5.74) is 9.47. The molecule has 4 heteroatoms. The zero-order chi connectivity index (χ0) is 14.1. The van der Waals surface area contributed by atoms with Crippen LogP contribution in [-0.4, -0.2) is 4.98 Å². The van der Waals surface area contributed by atoms with Crippen LogP contribution in [0.5, 0.6) is 0 Å². The number of nitrogens with zero attached hydrogens (tertiary/aromatic N) is 1. The first-order chi connectivity index (χ1) is 9.65. The fourth-order valence-corrected chi connectivity index (χ4v) is 2.18. The van der Waals surface area contributed by atoms with Crippen LogP contribution < -0.4 is 11.1 Å². The van der Waals surface area contributed by atoms with Crippen LogP contribution >= 0.6 is 0 Å². The quantitative estimate of drug-likeness (QED) is 0.690. The van der Waals surface area contributed by atoms with Gasteiger partial charge in [-0.2, -0.15) is 0 Å². The standard InChI is InChI=1S/C16H14FN3/c1-10-4-5-12(17)15(9-10)20-14-7-6-13(18)11-3-2-8-19-16(11)14/h2-9,20H,18H2,1H3. The van der Waals surface area contributed by atoms with E-state index < -0.39 is 0 Å². The van der Waals surface area contributed by atoms with Crippen molar-refractivity contribution in [3.8, 4) is 0 Å². The Morgan fingerprint density at radius 3 is 2.80 bits per heavy atom. The number of nitrogen functional groups attached to an aromatic ring is 1. The SMILES string of the molecule is Cc1ccc(F)c(Nc2ccc(N)c3cccnc23)c1. The lowest BCUT2D eigenvalue weighted by molar-refractivity contribution is 0.631. The number of aromatic nitrogens is 1. The van der Waals surface area contributed by atoms with Gasteiger partial charge >= 0.3 is 0 Å². The van der Waals surface area contributed by atoms with Crippen LogP contribution in [0.3, 0.4) is 0 Å². The Morgan fingerprint density at radius 2 is 1.95 bits per heavy atom. The lowest BCUT2D eigenvalue weighted by atomic mass is 10.1. The molecule has 3 rings (SSSR count). The summed E-state index contributed by atoms with van der Waals surface area (Å²) >= 11 is 0. The predicted molar refractivity (Wildman–Crippen MR) is 80.6 cm³/mol. The summed E-state index contributed by atoms with van der Waals surface area (Å²) in [6, 6.07) is 12.3. The van der Waals surface area contributed by atoms with E-state index in [9.17, 15) is 4.39 Å². The molecule has 0 amide bonds. The second kappa shape index (κ2) is 4.81. The van der Waals surface area contributed by atoms with Gasteiger partial charge in [-0.05, 0) is 48.9 Å². The van der Waals surface area contributed by atoms with Gasteiger partial charge in [-0.3, -0.25) is 4.98 Å². The van der Waals surface area contributed by atoms with Crippen molar-refractivity contribution >= 4 is 28.0 Å². The third-order valence-electron chi connectivity index (χ3n) is 3.19. The first-order valence-corrected chi connectivity index (χ1v) is 6.31. The largest absolute Gasteiger partial charge is 0.398 e. The van der Waals surface area contributed by atoms with E-state index in [0.29, 0.717) is 11.4 Å². The van der Waals surface area contributed by atoms with Crippen LogP contribution in [0.1, 0.15) is 5.56 Å². The highest BCUT2D eigenvalue weighted by molar-refractivity contribution is 5.99. The van der Waals surface area contributed by atoms with Crippen LogP contribution in [0.25, 0.3) is 10.9 Å². The number of nitrogens with one attached hydrogen (secondary N) is 1. The van der Waals surface area contributed by atoms with E-state index in [2.05, 4.69) is 10.3 Å². The molecule has 0 aliphatic heterocycles. The van der Waals surface area contributed by atoms with Crippen molar-refractivity contribution in [2.45, 2.75) is 6.92 Å². The normalized spacial score (nSPS) is 10.7. The maximum atomic E-state index is 13.8. The number of nitrogens with two attached hydrogens (primary N) is 1. The molecule has 0 unspecified atom stereocenters. The van der Waals surface area contributed by atoms with Crippen molar-refractivity contribution in [1.29, 1.82) is 0 Å². The average molecular weight is 267 g/mol. The van der Waals surface area contributed by atoms with Gasteiger partial charge in [0.15, 0.2) is 0 Å². The number of fused-ring (bicyclic) bond motifs is 1. The fraction of sp³-hybridized carbons (Fsp3) is 0.0625. The van der Waals surface area contributed by atoms with Crippen LogP contribution in [0, 0.1) is 12.7 Å². The molecular formula is C16H14FN3. The topological polar surface area (TPSA) is 50.9 Å². The molecule has 1 aromatic heterocycles. The van der Waals surface area contributed by atoms with Crippen LogP contribution in [0.15, 0.2) is 48.7 Å². The molecule has 100 valence electrons. The number of aryl methyl sites for hydroxylation is 1. The van der Waals surface area contributed by atoms with Gasteiger partial charge in [0.25, 0.3) is 0 Å². The second-order valence-corrected chi connectivity index (χ2v) is 4.71. The lowest BCUT2D eigenvalue weighted by Crippen LogP contribution is -1.98. The molecule has 0 fully saturated rings. The number of benzene rings is 2. The summed E-state index contributed by atoms with van der Waals surface area (Å²) in [5, 5.41) is 3.94. The Balaban J connectivity index is 2.11. The van der Waals surface area contributed by atoms with Gasteiger partial charge in [-0.15, -0.1) is 0 Å². The second-order valence-electron chi connectivity index (χ2n) is 4.71. The van der Waals surface area contributed by atoms with Gasteiger partial charge in [0.2, 0.25) is 0 Å². The number of rotatable bonds is 2. The number of halogens is 1. The zero-order valence-electron chi connectivity index (χ0n) is 11.0. The highest BCUT2D eigenvalue weighted by Gasteiger charge is 2.08. The van der Waals surface area contributed by atoms with Gasteiger partial charge in [-0.1, -0.05) is 6.07 Å². The highest BCUT2D eigenvalue weighted by atomic mass is 19.1. The number of pyridine rings is 1. The molecule has 0 saturated carbocycles. The third kappa shape index (κ3) is 2.16. The summed E-state index contributed by atoms with van der Waals surface area (Å²) in [7, 11) is 0.